The molecule has 28 heavy (non-hydrogen) atoms. The first-order chi connectivity index (χ1) is 13.6. The molecule has 1 amide bonds. The number of carbonyl (C=O) groups is 1. The SMILES string of the molecule is CC[NH+](CC)c1ccc(/C=N/NC(=O)c2ccc(-n3cccc3)cc2)c([O-])c1. The van der Waals surface area contributed by atoms with Crippen molar-refractivity contribution < 1.29 is 14.8 Å². The van der Waals surface area contributed by atoms with Crippen LogP contribution in [-0.2, 0) is 0 Å². The predicted molar refractivity (Wildman–Crippen MR) is 108 cm³/mol. The summed E-state index contributed by atoms with van der Waals surface area (Å²) in [7, 11) is 0. The zero-order chi connectivity index (χ0) is 19.9. The number of benzene rings is 2. The Morgan fingerprint density at radius 1 is 1.11 bits per heavy atom. The van der Waals surface area contributed by atoms with E-state index in [9.17, 15) is 9.90 Å². The van der Waals surface area contributed by atoms with E-state index in [0.29, 0.717) is 11.1 Å². The summed E-state index contributed by atoms with van der Waals surface area (Å²) >= 11 is 0. The van der Waals surface area contributed by atoms with Gasteiger partial charge in [0.2, 0.25) is 0 Å². The first-order valence-electron chi connectivity index (χ1n) is 9.35. The molecule has 1 aromatic heterocycles. The van der Waals surface area contributed by atoms with Gasteiger partial charge in [-0.05, 0) is 74.0 Å². The summed E-state index contributed by atoms with van der Waals surface area (Å²) in [5, 5.41) is 16.2. The lowest BCUT2D eigenvalue weighted by Gasteiger charge is -2.18. The molecule has 0 aliphatic rings. The normalized spacial score (nSPS) is 11.2. The maximum Gasteiger partial charge on any atom is 0.271 e. The van der Waals surface area contributed by atoms with E-state index in [2.05, 4.69) is 24.4 Å². The van der Waals surface area contributed by atoms with Crippen LogP contribution in [0.2, 0.25) is 0 Å². The molecule has 0 spiro atoms. The summed E-state index contributed by atoms with van der Waals surface area (Å²) in [5.41, 5.74) is 5.35. The zero-order valence-electron chi connectivity index (χ0n) is 16.1. The minimum Gasteiger partial charge on any atom is -0.872 e. The van der Waals surface area contributed by atoms with Crippen LogP contribution in [0.15, 0.2) is 72.1 Å². The van der Waals surface area contributed by atoms with E-state index in [1.165, 1.54) is 11.1 Å². The van der Waals surface area contributed by atoms with Crippen LogP contribution in [0.5, 0.6) is 5.75 Å². The summed E-state index contributed by atoms with van der Waals surface area (Å²) in [6, 6.07) is 16.4. The number of quaternary nitrogens is 1. The lowest BCUT2D eigenvalue weighted by molar-refractivity contribution is -0.828. The van der Waals surface area contributed by atoms with E-state index < -0.39 is 0 Å². The molecule has 0 radical (unpaired) electrons. The van der Waals surface area contributed by atoms with Crippen molar-refractivity contribution in [1.29, 1.82) is 0 Å². The van der Waals surface area contributed by atoms with Crippen LogP contribution in [0.3, 0.4) is 0 Å². The maximum absolute atomic E-state index is 12.3. The molecule has 2 N–H and O–H groups in total. The molecule has 0 saturated heterocycles. The second-order valence-corrected chi connectivity index (χ2v) is 6.40. The Labute approximate surface area is 164 Å². The Bertz CT molecular complexity index is 943. The average Bonchev–Trinajstić information content (AvgIpc) is 3.25. The first kappa shape index (κ1) is 19.4. The molecule has 0 bridgehead atoms. The first-order valence-corrected chi connectivity index (χ1v) is 9.35. The van der Waals surface area contributed by atoms with Gasteiger partial charge in [-0.2, -0.15) is 5.10 Å². The number of amides is 1. The van der Waals surface area contributed by atoms with E-state index in [1.54, 1.807) is 24.3 Å². The van der Waals surface area contributed by atoms with Gasteiger partial charge in [0.15, 0.2) is 0 Å². The Kier molecular flexibility index (Phi) is 6.24. The number of hydrazone groups is 1. The van der Waals surface area contributed by atoms with Crippen molar-refractivity contribution in [3.05, 3.63) is 78.1 Å². The van der Waals surface area contributed by atoms with Gasteiger partial charge < -0.3 is 14.6 Å². The van der Waals surface area contributed by atoms with Crippen molar-refractivity contribution in [2.75, 3.05) is 13.1 Å². The third kappa shape index (κ3) is 4.47. The van der Waals surface area contributed by atoms with Crippen molar-refractivity contribution in [3.63, 3.8) is 0 Å². The van der Waals surface area contributed by atoms with Gasteiger partial charge in [0.1, 0.15) is 5.69 Å². The Balaban J connectivity index is 1.63. The number of carbonyl (C=O) groups excluding carboxylic acids is 1. The number of rotatable bonds is 7. The van der Waals surface area contributed by atoms with Crippen molar-refractivity contribution >= 4 is 17.8 Å². The minimum atomic E-state index is -0.327. The van der Waals surface area contributed by atoms with Gasteiger partial charge in [0.05, 0.1) is 19.3 Å². The molecule has 0 aliphatic heterocycles. The number of nitrogens with zero attached hydrogens (tertiary/aromatic N) is 2. The maximum atomic E-state index is 12.3. The minimum absolute atomic E-state index is 0.106. The summed E-state index contributed by atoms with van der Waals surface area (Å²) in [6.07, 6.45) is 5.26. The van der Waals surface area contributed by atoms with E-state index in [4.69, 9.17) is 0 Å². The molecule has 6 nitrogen and oxygen atoms in total. The van der Waals surface area contributed by atoms with E-state index >= 15 is 0 Å². The van der Waals surface area contributed by atoms with Crippen LogP contribution < -0.4 is 15.4 Å². The standard InChI is InChI=1S/C22H24N4O2/c1-3-25(4-2)20-12-9-18(21(27)15-20)16-23-24-22(28)17-7-10-19(11-8-17)26-13-5-6-14-26/h5-16,27H,3-4H2,1-2H3,(H,24,28)/b23-16+. The quantitative estimate of drug-likeness (QED) is 0.488. The largest absolute Gasteiger partial charge is 0.872 e. The van der Waals surface area contributed by atoms with Gasteiger partial charge in [0, 0.05) is 23.6 Å². The molecule has 0 aliphatic carbocycles. The summed E-state index contributed by atoms with van der Waals surface area (Å²) in [5.74, 6) is -0.432. The molecule has 1 heterocycles. The fourth-order valence-corrected chi connectivity index (χ4v) is 3.04. The van der Waals surface area contributed by atoms with Crippen LogP contribution >= 0.6 is 0 Å². The highest BCUT2D eigenvalue weighted by atomic mass is 16.3. The number of aromatic nitrogens is 1. The van der Waals surface area contributed by atoms with Gasteiger partial charge in [-0.3, -0.25) is 4.79 Å². The van der Waals surface area contributed by atoms with E-state index in [1.807, 2.05) is 47.3 Å². The molecule has 0 unspecified atom stereocenters. The van der Waals surface area contributed by atoms with Crippen molar-refractivity contribution in [2.24, 2.45) is 5.10 Å². The third-order valence-corrected chi connectivity index (χ3v) is 4.68. The van der Waals surface area contributed by atoms with Crippen molar-refractivity contribution in [1.82, 2.24) is 9.99 Å². The predicted octanol–water partition coefficient (Wildman–Crippen LogP) is 1.87. The van der Waals surface area contributed by atoms with Crippen LogP contribution in [0.4, 0.5) is 5.69 Å². The monoisotopic (exact) mass is 376 g/mol. The molecular formula is C22H24N4O2. The van der Waals surface area contributed by atoms with Gasteiger partial charge >= 0.3 is 0 Å². The summed E-state index contributed by atoms with van der Waals surface area (Å²) < 4.78 is 1.96. The Morgan fingerprint density at radius 3 is 2.39 bits per heavy atom. The molecule has 2 aromatic carbocycles. The molecular weight excluding hydrogens is 352 g/mol. The third-order valence-electron chi connectivity index (χ3n) is 4.68. The number of hydrogen-bond donors (Lipinski definition) is 2. The smallest absolute Gasteiger partial charge is 0.271 e. The van der Waals surface area contributed by atoms with Crippen molar-refractivity contribution in [3.8, 4) is 11.4 Å². The highest BCUT2D eigenvalue weighted by Gasteiger charge is 2.07. The molecule has 3 aromatic rings. The van der Waals surface area contributed by atoms with Crippen LogP contribution in [0, 0.1) is 0 Å². The van der Waals surface area contributed by atoms with Gasteiger partial charge in [-0.1, -0.05) is 5.75 Å². The molecule has 0 atom stereocenters. The van der Waals surface area contributed by atoms with Crippen molar-refractivity contribution in [2.45, 2.75) is 13.8 Å². The van der Waals surface area contributed by atoms with E-state index in [0.717, 1.165) is 24.5 Å². The summed E-state index contributed by atoms with van der Waals surface area (Å²) in [6.45, 7) is 6.00. The Morgan fingerprint density at radius 2 is 1.79 bits per heavy atom. The molecule has 3 rings (SSSR count). The average molecular weight is 376 g/mol. The highest BCUT2D eigenvalue weighted by Crippen LogP contribution is 2.15. The van der Waals surface area contributed by atoms with Gasteiger partial charge in [-0.25, -0.2) is 5.43 Å². The fraction of sp³-hybridized carbons (Fsp3) is 0.182. The zero-order valence-corrected chi connectivity index (χ0v) is 16.1. The molecule has 0 saturated carbocycles. The highest BCUT2D eigenvalue weighted by molar-refractivity contribution is 5.95. The van der Waals surface area contributed by atoms with E-state index in [-0.39, 0.29) is 11.7 Å². The lowest BCUT2D eigenvalue weighted by Crippen LogP contribution is -3.06. The second-order valence-electron chi connectivity index (χ2n) is 6.40. The lowest BCUT2D eigenvalue weighted by atomic mass is 10.2. The summed E-state index contributed by atoms with van der Waals surface area (Å²) in [4.78, 5) is 13.5. The number of nitrogens with one attached hydrogen (secondary N) is 2. The topological polar surface area (TPSA) is 73.9 Å². The van der Waals surface area contributed by atoms with Crippen LogP contribution in [0.25, 0.3) is 5.69 Å². The van der Waals surface area contributed by atoms with Gasteiger partial charge in [0.25, 0.3) is 5.91 Å². The van der Waals surface area contributed by atoms with Crippen LogP contribution in [0.1, 0.15) is 29.8 Å². The molecule has 144 valence electrons. The second kappa shape index (κ2) is 9.01. The van der Waals surface area contributed by atoms with Gasteiger partial charge in [-0.15, -0.1) is 0 Å². The Hall–Kier alpha value is -3.38. The van der Waals surface area contributed by atoms with Crippen LogP contribution in [-0.4, -0.2) is 29.8 Å². The number of hydrogen-bond acceptors (Lipinski definition) is 3. The molecule has 6 heteroatoms. The molecule has 0 fully saturated rings. The fourth-order valence-electron chi connectivity index (χ4n) is 3.04.